The number of aromatic nitrogens is 2. The Bertz CT molecular complexity index is 298. The summed E-state index contributed by atoms with van der Waals surface area (Å²) < 4.78 is 15.8. The molecule has 1 rings (SSSR count). The first-order valence-electron chi connectivity index (χ1n) is 5.99. The first-order valence-corrected chi connectivity index (χ1v) is 5.99. The number of ether oxygens (including phenoxy) is 2. The van der Waals surface area contributed by atoms with Crippen molar-refractivity contribution in [2.24, 2.45) is 0 Å². The molecule has 0 fully saturated rings. The van der Waals surface area contributed by atoms with Crippen LogP contribution in [0.2, 0.25) is 0 Å². The van der Waals surface area contributed by atoms with Gasteiger partial charge in [0.05, 0.1) is 6.54 Å². The molecule has 6 heteroatoms. The van der Waals surface area contributed by atoms with Gasteiger partial charge in [0.1, 0.15) is 0 Å². The Labute approximate surface area is 102 Å². The second kappa shape index (κ2) is 8.16. The number of rotatable bonds is 9. The van der Waals surface area contributed by atoms with Crippen LogP contribution in [0.15, 0.2) is 4.52 Å². The Hall–Kier alpha value is -0.980. The van der Waals surface area contributed by atoms with Crippen molar-refractivity contribution in [1.82, 2.24) is 15.5 Å². The van der Waals surface area contributed by atoms with E-state index in [0.29, 0.717) is 31.5 Å². The lowest BCUT2D eigenvalue weighted by molar-refractivity contribution is -0.138. The second-order valence-corrected chi connectivity index (χ2v) is 3.54. The number of hydrogen-bond donors (Lipinski definition) is 1. The highest BCUT2D eigenvalue weighted by Gasteiger charge is 2.07. The van der Waals surface area contributed by atoms with Gasteiger partial charge in [-0.15, -0.1) is 0 Å². The molecule has 1 aromatic rings. The molecular formula is C11H21N3O3. The maximum atomic E-state index is 5.43. The average molecular weight is 243 g/mol. The Morgan fingerprint density at radius 3 is 2.53 bits per heavy atom. The first kappa shape index (κ1) is 14.1. The van der Waals surface area contributed by atoms with Crippen molar-refractivity contribution < 1.29 is 14.0 Å². The molecule has 98 valence electrons. The largest absolute Gasteiger partial charge is 0.353 e. The molecule has 0 saturated carbocycles. The van der Waals surface area contributed by atoms with Crippen LogP contribution in [0.5, 0.6) is 0 Å². The quantitative estimate of drug-likeness (QED) is 0.520. The summed E-state index contributed by atoms with van der Waals surface area (Å²) in [4.78, 5) is 4.10. The van der Waals surface area contributed by atoms with Gasteiger partial charge in [-0.05, 0) is 20.8 Å². The van der Waals surface area contributed by atoms with Crippen LogP contribution in [0.4, 0.5) is 0 Å². The van der Waals surface area contributed by atoms with Gasteiger partial charge < -0.3 is 19.3 Å². The van der Waals surface area contributed by atoms with Gasteiger partial charge in [-0.2, -0.15) is 4.98 Å². The van der Waals surface area contributed by atoms with Crippen LogP contribution in [0.25, 0.3) is 0 Å². The third-order valence-corrected chi connectivity index (χ3v) is 2.11. The molecule has 0 bridgehead atoms. The van der Waals surface area contributed by atoms with Crippen molar-refractivity contribution in [3.8, 4) is 0 Å². The van der Waals surface area contributed by atoms with E-state index in [1.54, 1.807) is 6.92 Å². The number of aryl methyl sites for hydroxylation is 1. The van der Waals surface area contributed by atoms with E-state index in [-0.39, 0.29) is 6.29 Å². The van der Waals surface area contributed by atoms with E-state index < -0.39 is 0 Å². The molecule has 0 spiro atoms. The topological polar surface area (TPSA) is 69.4 Å². The maximum absolute atomic E-state index is 5.43. The highest BCUT2D eigenvalue weighted by atomic mass is 16.7. The lowest BCUT2D eigenvalue weighted by atomic mass is 10.4. The molecule has 1 N–H and O–H groups in total. The third kappa shape index (κ3) is 5.76. The molecule has 1 aromatic heterocycles. The second-order valence-electron chi connectivity index (χ2n) is 3.54. The summed E-state index contributed by atoms with van der Waals surface area (Å²) >= 11 is 0. The van der Waals surface area contributed by atoms with Gasteiger partial charge in [-0.25, -0.2) is 0 Å². The molecule has 0 aliphatic rings. The highest BCUT2D eigenvalue weighted by molar-refractivity contribution is 4.81. The number of nitrogens with zero attached hydrogens (tertiary/aromatic N) is 2. The fourth-order valence-corrected chi connectivity index (χ4v) is 1.41. The van der Waals surface area contributed by atoms with Crippen molar-refractivity contribution in [3.63, 3.8) is 0 Å². The standard InChI is InChI=1S/C11H21N3O3/c1-4-15-11(16-5-2)6-7-12-8-10-13-9(3)14-17-10/h11-12H,4-8H2,1-3H3. The van der Waals surface area contributed by atoms with Crippen LogP contribution < -0.4 is 5.32 Å². The monoisotopic (exact) mass is 243 g/mol. The van der Waals surface area contributed by atoms with Gasteiger partial charge in [-0.3, -0.25) is 0 Å². The molecule has 17 heavy (non-hydrogen) atoms. The van der Waals surface area contributed by atoms with E-state index >= 15 is 0 Å². The Morgan fingerprint density at radius 1 is 1.29 bits per heavy atom. The van der Waals surface area contributed by atoms with Crippen molar-refractivity contribution >= 4 is 0 Å². The highest BCUT2D eigenvalue weighted by Crippen LogP contribution is 2.00. The minimum Gasteiger partial charge on any atom is -0.353 e. The van der Waals surface area contributed by atoms with E-state index in [9.17, 15) is 0 Å². The summed E-state index contributed by atoms with van der Waals surface area (Å²) in [5.41, 5.74) is 0. The summed E-state index contributed by atoms with van der Waals surface area (Å²) in [6, 6.07) is 0. The average Bonchev–Trinajstić information content (AvgIpc) is 2.71. The smallest absolute Gasteiger partial charge is 0.240 e. The Kier molecular flexibility index (Phi) is 6.76. The summed E-state index contributed by atoms with van der Waals surface area (Å²) in [6.07, 6.45) is 0.663. The van der Waals surface area contributed by atoms with E-state index in [1.165, 1.54) is 0 Å². The molecule has 0 aromatic carbocycles. The molecule has 0 unspecified atom stereocenters. The summed E-state index contributed by atoms with van der Waals surface area (Å²) in [6.45, 7) is 8.40. The van der Waals surface area contributed by atoms with Crippen molar-refractivity contribution in [2.45, 2.75) is 40.0 Å². The maximum Gasteiger partial charge on any atom is 0.240 e. The molecular weight excluding hydrogens is 222 g/mol. The Balaban J connectivity index is 2.13. The summed E-state index contributed by atoms with van der Waals surface area (Å²) in [5, 5.41) is 6.92. The minimum absolute atomic E-state index is 0.137. The SMILES string of the molecule is CCOC(CCNCc1nc(C)no1)OCC. The van der Waals surface area contributed by atoms with E-state index in [1.807, 2.05) is 13.8 Å². The predicted octanol–water partition coefficient (Wildman–Crippen LogP) is 1.26. The summed E-state index contributed by atoms with van der Waals surface area (Å²) in [5.74, 6) is 1.26. The third-order valence-electron chi connectivity index (χ3n) is 2.11. The van der Waals surface area contributed by atoms with Crippen molar-refractivity contribution in [2.75, 3.05) is 19.8 Å². The molecule has 0 radical (unpaired) electrons. The molecule has 1 heterocycles. The molecule has 0 aliphatic heterocycles. The van der Waals surface area contributed by atoms with Crippen LogP contribution in [0.1, 0.15) is 32.0 Å². The van der Waals surface area contributed by atoms with E-state index in [4.69, 9.17) is 14.0 Å². The molecule has 0 atom stereocenters. The van der Waals surface area contributed by atoms with Crippen LogP contribution in [-0.2, 0) is 16.0 Å². The zero-order valence-corrected chi connectivity index (χ0v) is 10.7. The lowest BCUT2D eigenvalue weighted by Gasteiger charge is -2.16. The zero-order valence-electron chi connectivity index (χ0n) is 10.7. The molecule has 6 nitrogen and oxygen atoms in total. The fourth-order valence-electron chi connectivity index (χ4n) is 1.41. The van der Waals surface area contributed by atoms with E-state index in [0.717, 1.165) is 13.0 Å². The van der Waals surface area contributed by atoms with Gasteiger partial charge in [0.2, 0.25) is 5.89 Å². The normalized spacial score (nSPS) is 11.3. The predicted molar refractivity (Wildman–Crippen MR) is 62.4 cm³/mol. The number of hydrogen-bond acceptors (Lipinski definition) is 6. The van der Waals surface area contributed by atoms with Gasteiger partial charge in [0, 0.05) is 26.2 Å². The fraction of sp³-hybridized carbons (Fsp3) is 0.818. The number of nitrogens with one attached hydrogen (secondary N) is 1. The van der Waals surface area contributed by atoms with Crippen LogP contribution in [-0.4, -0.2) is 36.2 Å². The molecule has 0 amide bonds. The lowest BCUT2D eigenvalue weighted by Crippen LogP contribution is -2.24. The van der Waals surface area contributed by atoms with Crippen LogP contribution in [0, 0.1) is 6.92 Å². The van der Waals surface area contributed by atoms with E-state index in [2.05, 4.69) is 15.5 Å². The van der Waals surface area contributed by atoms with Crippen molar-refractivity contribution in [3.05, 3.63) is 11.7 Å². The first-order chi connectivity index (χ1) is 8.26. The summed E-state index contributed by atoms with van der Waals surface area (Å²) in [7, 11) is 0. The van der Waals surface area contributed by atoms with Crippen molar-refractivity contribution in [1.29, 1.82) is 0 Å². The van der Waals surface area contributed by atoms with Gasteiger partial charge in [0.15, 0.2) is 12.1 Å². The van der Waals surface area contributed by atoms with Crippen LogP contribution >= 0.6 is 0 Å². The molecule has 0 aliphatic carbocycles. The Morgan fingerprint density at radius 2 is 2.00 bits per heavy atom. The van der Waals surface area contributed by atoms with Gasteiger partial charge in [-0.1, -0.05) is 5.16 Å². The van der Waals surface area contributed by atoms with Gasteiger partial charge >= 0.3 is 0 Å². The van der Waals surface area contributed by atoms with Crippen LogP contribution in [0.3, 0.4) is 0 Å². The van der Waals surface area contributed by atoms with Gasteiger partial charge in [0.25, 0.3) is 0 Å². The molecule has 0 saturated heterocycles. The zero-order chi connectivity index (χ0) is 12.5. The minimum atomic E-state index is -0.137.